The van der Waals surface area contributed by atoms with Gasteiger partial charge in [-0.2, -0.15) is 0 Å². The molecule has 1 atom stereocenters. The molecule has 1 amide bonds. The van der Waals surface area contributed by atoms with Gasteiger partial charge in [0, 0.05) is 9.26 Å². The van der Waals surface area contributed by atoms with Gasteiger partial charge in [0.2, 0.25) is 5.91 Å². The lowest BCUT2D eigenvalue weighted by Crippen LogP contribution is -2.61. The molecule has 0 bridgehead atoms. The van der Waals surface area contributed by atoms with E-state index in [-0.39, 0.29) is 11.9 Å². The van der Waals surface area contributed by atoms with Crippen LogP contribution in [0, 0.1) is 10.5 Å². The van der Waals surface area contributed by atoms with Gasteiger partial charge in [-0.3, -0.25) is 4.79 Å². The van der Waals surface area contributed by atoms with Crippen molar-refractivity contribution in [1.29, 1.82) is 0 Å². The van der Waals surface area contributed by atoms with Gasteiger partial charge in [-0.1, -0.05) is 6.07 Å². The third-order valence-electron chi connectivity index (χ3n) is 2.49. The van der Waals surface area contributed by atoms with Crippen LogP contribution in [0.4, 0.5) is 5.69 Å². The van der Waals surface area contributed by atoms with E-state index < -0.39 is 0 Å². The lowest BCUT2D eigenvalue weighted by molar-refractivity contribution is -0.123. The zero-order chi connectivity index (χ0) is 10.3. The van der Waals surface area contributed by atoms with Gasteiger partial charge < -0.3 is 10.6 Å². The molecule has 2 rings (SSSR count). The molecule has 1 aromatic carbocycles. The van der Waals surface area contributed by atoms with Gasteiger partial charge >= 0.3 is 0 Å². The van der Waals surface area contributed by atoms with Crippen molar-refractivity contribution in [2.45, 2.75) is 13.0 Å². The highest BCUT2D eigenvalue weighted by Crippen LogP contribution is 2.27. The smallest absolute Gasteiger partial charge is 0.245 e. The van der Waals surface area contributed by atoms with Crippen molar-refractivity contribution in [2.24, 2.45) is 5.73 Å². The summed E-state index contributed by atoms with van der Waals surface area (Å²) in [7, 11) is 0. The van der Waals surface area contributed by atoms with Gasteiger partial charge in [0.1, 0.15) is 6.04 Å². The minimum Gasteiger partial charge on any atom is -0.318 e. The molecule has 1 heterocycles. The van der Waals surface area contributed by atoms with E-state index in [1.807, 2.05) is 25.1 Å². The lowest BCUT2D eigenvalue weighted by Gasteiger charge is -2.37. The molecule has 1 unspecified atom stereocenters. The maximum atomic E-state index is 11.4. The first kappa shape index (κ1) is 9.92. The average Bonchev–Trinajstić information content (AvgIpc) is 2.19. The molecule has 4 heteroatoms. The lowest BCUT2D eigenvalue weighted by atomic mass is 10.1. The van der Waals surface area contributed by atoms with Crippen molar-refractivity contribution in [3.63, 3.8) is 0 Å². The van der Waals surface area contributed by atoms with Crippen LogP contribution >= 0.6 is 22.6 Å². The Hall–Kier alpha value is -0.620. The van der Waals surface area contributed by atoms with Crippen molar-refractivity contribution in [3.8, 4) is 0 Å². The Bertz CT molecular complexity index is 392. The van der Waals surface area contributed by atoms with Crippen LogP contribution < -0.4 is 10.6 Å². The summed E-state index contributed by atoms with van der Waals surface area (Å²) in [5, 5.41) is 0. The molecule has 1 aliphatic rings. The summed E-state index contributed by atoms with van der Waals surface area (Å²) in [5.74, 6) is 0.0232. The van der Waals surface area contributed by atoms with Crippen LogP contribution in [0.5, 0.6) is 0 Å². The Morgan fingerprint density at radius 1 is 1.57 bits per heavy atom. The zero-order valence-electron chi connectivity index (χ0n) is 7.83. The first-order valence-corrected chi connectivity index (χ1v) is 5.51. The Labute approximate surface area is 96.4 Å². The number of β-lactam (4-membered cyclic amide) rings is 1. The summed E-state index contributed by atoms with van der Waals surface area (Å²) in [6, 6.07) is 5.65. The summed E-state index contributed by atoms with van der Waals surface area (Å²) >= 11 is 2.27. The number of carbonyl (C=O) groups is 1. The van der Waals surface area contributed by atoms with Crippen LogP contribution in [-0.2, 0) is 4.79 Å². The average molecular weight is 302 g/mol. The van der Waals surface area contributed by atoms with E-state index in [0.717, 1.165) is 11.3 Å². The Morgan fingerprint density at radius 2 is 2.29 bits per heavy atom. The molecule has 14 heavy (non-hydrogen) atoms. The van der Waals surface area contributed by atoms with Gasteiger partial charge in [-0.05, 0) is 47.2 Å². The van der Waals surface area contributed by atoms with Crippen molar-refractivity contribution >= 4 is 34.2 Å². The van der Waals surface area contributed by atoms with Crippen LogP contribution in [0.15, 0.2) is 18.2 Å². The van der Waals surface area contributed by atoms with Gasteiger partial charge in [0.25, 0.3) is 0 Å². The predicted octanol–water partition coefficient (Wildman–Crippen LogP) is 1.27. The van der Waals surface area contributed by atoms with E-state index in [0.29, 0.717) is 6.54 Å². The van der Waals surface area contributed by atoms with Crippen molar-refractivity contribution in [2.75, 3.05) is 11.4 Å². The van der Waals surface area contributed by atoms with Crippen LogP contribution in [0.3, 0.4) is 0 Å². The van der Waals surface area contributed by atoms with Gasteiger partial charge in [-0.15, -0.1) is 0 Å². The Balaban J connectivity index is 2.34. The first-order chi connectivity index (χ1) is 6.61. The summed E-state index contributed by atoms with van der Waals surface area (Å²) in [6.45, 7) is 2.66. The molecule has 1 aromatic rings. The second-order valence-electron chi connectivity index (χ2n) is 3.44. The van der Waals surface area contributed by atoms with Crippen molar-refractivity contribution in [1.82, 2.24) is 0 Å². The topological polar surface area (TPSA) is 46.3 Å². The molecule has 2 N–H and O–H groups in total. The summed E-state index contributed by atoms with van der Waals surface area (Å²) < 4.78 is 1.17. The molecular weight excluding hydrogens is 291 g/mol. The van der Waals surface area contributed by atoms with Gasteiger partial charge in [-0.25, -0.2) is 0 Å². The SMILES string of the molecule is Cc1c(I)cccc1N1CC(N)C1=O. The number of rotatable bonds is 1. The maximum Gasteiger partial charge on any atom is 0.245 e. The molecule has 0 saturated carbocycles. The number of nitrogens with zero attached hydrogens (tertiary/aromatic N) is 1. The molecule has 0 aliphatic carbocycles. The molecule has 74 valence electrons. The number of amides is 1. The monoisotopic (exact) mass is 302 g/mol. The van der Waals surface area contributed by atoms with E-state index >= 15 is 0 Å². The molecule has 1 aliphatic heterocycles. The third-order valence-corrected chi connectivity index (χ3v) is 3.66. The Morgan fingerprint density at radius 3 is 2.86 bits per heavy atom. The summed E-state index contributed by atoms with van der Waals surface area (Å²) in [4.78, 5) is 13.2. The second kappa shape index (κ2) is 3.51. The highest BCUT2D eigenvalue weighted by Gasteiger charge is 2.35. The molecule has 3 nitrogen and oxygen atoms in total. The van der Waals surface area contributed by atoms with E-state index in [1.165, 1.54) is 3.57 Å². The fraction of sp³-hybridized carbons (Fsp3) is 0.300. The van der Waals surface area contributed by atoms with Crippen molar-refractivity contribution in [3.05, 3.63) is 27.3 Å². The van der Waals surface area contributed by atoms with Crippen LogP contribution in [0.2, 0.25) is 0 Å². The highest BCUT2D eigenvalue weighted by molar-refractivity contribution is 14.1. The molecular formula is C10H11IN2O. The normalized spacial score (nSPS) is 20.9. The van der Waals surface area contributed by atoms with E-state index in [2.05, 4.69) is 22.6 Å². The zero-order valence-corrected chi connectivity index (χ0v) is 9.98. The fourth-order valence-corrected chi connectivity index (χ4v) is 2.04. The van der Waals surface area contributed by atoms with Crippen molar-refractivity contribution < 1.29 is 4.79 Å². The van der Waals surface area contributed by atoms with E-state index in [1.54, 1.807) is 4.90 Å². The van der Waals surface area contributed by atoms with Crippen LogP contribution in [-0.4, -0.2) is 18.5 Å². The fourth-order valence-electron chi connectivity index (χ4n) is 1.56. The number of hydrogen-bond donors (Lipinski definition) is 1. The molecule has 0 aromatic heterocycles. The number of hydrogen-bond acceptors (Lipinski definition) is 2. The highest BCUT2D eigenvalue weighted by atomic mass is 127. The quantitative estimate of drug-likeness (QED) is 0.627. The number of anilines is 1. The molecule has 1 fully saturated rings. The third kappa shape index (κ3) is 1.42. The minimum atomic E-state index is -0.299. The number of carbonyl (C=O) groups excluding carboxylic acids is 1. The summed E-state index contributed by atoms with van der Waals surface area (Å²) in [5.41, 5.74) is 7.68. The maximum absolute atomic E-state index is 11.4. The minimum absolute atomic E-state index is 0.0232. The number of nitrogens with two attached hydrogens (primary N) is 1. The Kier molecular flexibility index (Phi) is 2.48. The van der Waals surface area contributed by atoms with Gasteiger partial charge in [0.15, 0.2) is 0 Å². The number of halogens is 1. The largest absolute Gasteiger partial charge is 0.318 e. The van der Waals surface area contributed by atoms with E-state index in [9.17, 15) is 4.79 Å². The van der Waals surface area contributed by atoms with E-state index in [4.69, 9.17) is 5.73 Å². The molecule has 1 saturated heterocycles. The predicted molar refractivity (Wildman–Crippen MR) is 64.2 cm³/mol. The molecule has 0 spiro atoms. The second-order valence-corrected chi connectivity index (χ2v) is 4.60. The number of benzene rings is 1. The standard InChI is InChI=1S/C10H11IN2O/c1-6-7(11)3-2-4-9(6)13-5-8(12)10(13)14/h2-4,8H,5,12H2,1H3. The van der Waals surface area contributed by atoms with Crippen LogP contribution in [0.1, 0.15) is 5.56 Å². The van der Waals surface area contributed by atoms with Gasteiger partial charge in [0.05, 0.1) is 6.54 Å². The first-order valence-electron chi connectivity index (χ1n) is 4.43. The molecule has 0 radical (unpaired) electrons. The summed E-state index contributed by atoms with van der Waals surface area (Å²) in [6.07, 6.45) is 0. The van der Waals surface area contributed by atoms with Crippen LogP contribution in [0.25, 0.3) is 0 Å².